The van der Waals surface area contributed by atoms with Gasteiger partial charge in [0.25, 0.3) is 0 Å². The molecule has 0 radical (unpaired) electrons. The summed E-state index contributed by atoms with van der Waals surface area (Å²) in [7, 11) is 1.51. The van der Waals surface area contributed by atoms with E-state index < -0.39 is 17.7 Å². The number of rotatable bonds is 4. The smallest absolute Gasteiger partial charge is 0.212 e. The second kappa shape index (κ2) is 6.28. The minimum Gasteiger partial charge on any atom is -0.481 e. The molecule has 0 aliphatic heterocycles. The number of ether oxygens (including phenoxy) is 1. The fourth-order valence-corrected chi connectivity index (χ4v) is 2.24. The Kier molecular flexibility index (Phi) is 4.67. The molecule has 0 amide bonds. The normalized spacial score (nSPS) is 12.2. The van der Waals surface area contributed by atoms with Gasteiger partial charge in [-0.3, -0.25) is 0 Å². The van der Waals surface area contributed by atoms with Gasteiger partial charge < -0.3 is 10.5 Å². The zero-order valence-corrected chi connectivity index (χ0v) is 12.3. The van der Waals surface area contributed by atoms with Crippen LogP contribution >= 0.6 is 15.9 Å². The second-order valence-corrected chi connectivity index (χ2v) is 5.13. The van der Waals surface area contributed by atoms with Crippen LogP contribution in [0.1, 0.15) is 17.2 Å². The van der Waals surface area contributed by atoms with E-state index in [4.69, 9.17) is 10.5 Å². The minimum atomic E-state index is -0.789. The molecule has 0 saturated heterocycles. The van der Waals surface area contributed by atoms with Crippen LogP contribution in [-0.2, 0) is 6.42 Å². The first-order chi connectivity index (χ1) is 9.52. The number of halogens is 3. The molecule has 1 atom stereocenters. The van der Waals surface area contributed by atoms with E-state index in [0.29, 0.717) is 5.88 Å². The van der Waals surface area contributed by atoms with Gasteiger partial charge in [0, 0.05) is 23.9 Å². The van der Waals surface area contributed by atoms with Crippen molar-refractivity contribution in [1.29, 1.82) is 0 Å². The molecule has 0 bridgehead atoms. The summed E-state index contributed by atoms with van der Waals surface area (Å²) in [6.07, 6.45) is 1.85. The summed E-state index contributed by atoms with van der Waals surface area (Å²) in [5.41, 5.74) is 6.55. The summed E-state index contributed by atoms with van der Waals surface area (Å²) >= 11 is 3.03. The van der Waals surface area contributed by atoms with Gasteiger partial charge in [-0.15, -0.1) is 0 Å². The predicted molar refractivity (Wildman–Crippen MR) is 75.5 cm³/mol. The molecule has 1 aromatic carbocycles. The summed E-state index contributed by atoms with van der Waals surface area (Å²) < 4.78 is 32.8. The van der Waals surface area contributed by atoms with E-state index in [1.165, 1.54) is 19.2 Å². The Labute approximate surface area is 123 Å². The van der Waals surface area contributed by atoms with Gasteiger partial charge in [-0.25, -0.2) is 13.8 Å². The third-order valence-electron chi connectivity index (χ3n) is 2.91. The molecule has 1 unspecified atom stereocenters. The maximum atomic E-state index is 13.9. The van der Waals surface area contributed by atoms with E-state index >= 15 is 0 Å². The molecule has 20 heavy (non-hydrogen) atoms. The van der Waals surface area contributed by atoms with Crippen molar-refractivity contribution in [3.8, 4) is 5.88 Å². The Bertz CT molecular complexity index is 605. The molecule has 1 aromatic heterocycles. The SMILES string of the molecule is COc1ccc(CC(N)c2c(F)ccc(Br)c2F)cn1. The molecule has 0 spiro atoms. The Balaban J connectivity index is 2.23. The highest BCUT2D eigenvalue weighted by Gasteiger charge is 2.19. The fourth-order valence-electron chi connectivity index (χ4n) is 1.89. The number of hydrogen-bond acceptors (Lipinski definition) is 3. The van der Waals surface area contributed by atoms with Crippen LogP contribution in [-0.4, -0.2) is 12.1 Å². The van der Waals surface area contributed by atoms with Crippen LogP contribution < -0.4 is 10.5 Å². The Morgan fingerprint density at radius 2 is 2.05 bits per heavy atom. The lowest BCUT2D eigenvalue weighted by atomic mass is 10.00. The van der Waals surface area contributed by atoms with Crippen molar-refractivity contribution in [1.82, 2.24) is 4.98 Å². The van der Waals surface area contributed by atoms with Crippen LogP contribution in [0.3, 0.4) is 0 Å². The number of pyridine rings is 1. The number of nitrogens with two attached hydrogens (primary N) is 1. The second-order valence-electron chi connectivity index (χ2n) is 4.28. The summed E-state index contributed by atoms with van der Waals surface area (Å²) in [5, 5.41) is 0. The van der Waals surface area contributed by atoms with Gasteiger partial charge in [-0.05, 0) is 40.0 Å². The molecule has 6 heteroatoms. The van der Waals surface area contributed by atoms with Crippen molar-refractivity contribution in [3.63, 3.8) is 0 Å². The van der Waals surface area contributed by atoms with Crippen molar-refractivity contribution in [2.75, 3.05) is 7.11 Å². The zero-order valence-electron chi connectivity index (χ0n) is 10.7. The van der Waals surface area contributed by atoms with Gasteiger partial charge in [-0.2, -0.15) is 0 Å². The highest BCUT2D eigenvalue weighted by Crippen LogP contribution is 2.27. The standard InChI is InChI=1S/C14H13BrF2N2O/c1-20-12-5-2-8(7-19-12)6-11(18)13-10(16)4-3-9(15)14(13)17/h2-5,7,11H,6,18H2,1H3. The van der Waals surface area contributed by atoms with Gasteiger partial charge in [-0.1, -0.05) is 6.07 Å². The van der Waals surface area contributed by atoms with Crippen molar-refractivity contribution < 1.29 is 13.5 Å². The molecule has 2 rings (SSSR count). The first-order valence-electron chi connectivity index (χ1n) is 5.90. The first kappa shape index (κ1) is 14.9. The average molecular weight is 343 g/mol. The van der Waals surface area contributed by atoms with Crippen molar-refractivity contribution >= 4 is 15.9 Å². The lowest BCUT2D eigenvalue weighted by Gasteiger charge is -2.15. The van der Waals surface area contributed by atoms with Crippen LogP contribution in [0.5, 0.6) is 5.88 Å². The molecular formula is C14H13BrF2N2O. The van der Waals surface area contributed by atoms with Crippen LogP contribution in [0.4, 0.5) is 8.78 Å². The maximum absolute atomic E-state index is 13.9. The highest BCUT2D eigenvalue weighted by atomic mass is 79.9. The lowest BCUT2D eigenvalue weighted by Crippen LogP contribution is -2.17. The maximum Gasteiger partial charge on any atom is 0.212 e. The highest BCUT2D eigenvalue weighted by molar-refractivity contribution is 9.10. The van der Waals surface area contributed by atoms with Crippen LogP contribution in [0.15, 0.2) is 34.9 Å². The number of nitrogens with zero attached hydrogens (tertiary/aromatic N) is 1. The Morgan fingerprint density at radius 3 is 2.65 bits per heavy atom. The molecule has 0 aliphatic carbocycles. The van der Waals surface area contributed by atoms with E-state index in [2.05, 4.69) is 20.9 Å². The summed E-state index contributed by atoms with van der Waals surface area (Å²) in [5.74, 6) is -0.847. The van der Waals surface area contributed by atoms with Crippen molar-refractivity contribution in [3.05, 3.63) is 57.7 Å². The van der Waals surface area contributed by atoms with Crippen LogP contribution in [0.25, 0.3) is 0 Å². The quantitative estimate of drug-likeness (QED) is 0.866. The third-order valence-corrected chi connectivity index (χ3v) is 3.53. The van der Waals surface area contributed by atoms with E-state index in [0.717, 1.165) is 5.56 Å². The van der Waals surface area contributed by atoms with Crippen molar-refractivity contribution in [2.24, 2.45) is 5.73 Å². The molecule has 2 aromatic rings. The molecule has 1 heterocycles. The molecule has 2 N–H and O–H groups in total. The molecule has 3 nitrogen and oxygen atoms in total. The number of methoxy groups -OCH3 is 1. The number of aromatic nitrogens is 1. The van der Waals surface area contributed by atoms with E-state index in [9.17, 15) is 8.78 Å². The van der Waals surface area contributed by atoms with Gasteiger partial charge in [0.05, 0.1) is 11.6 Å². The molecule has 0 fully saturated rings. The zero-order chi connectivity index (χ0) is 14.7. The van der Waals surface area contributed by atoms with E-state index in [1.54, 1.807) is 18.3 Å². The van der Waals surface area contributed by atoms with Gasteiger partial charge in [0.15, 0.2) is 0 Å². The van der Waals surface area contributed by atoms with Gasteiger partial charge >= 0.3 is 0 Å². The Hall–Kier alpha value is -1.53. The first-order valence-corrected chi connectivity index (χ1v) is 6.70. The Morgan fingerprint density at radius 1 is 1.30 bits per heavy atom. The molecule has 0 aliphatic rings. The molecular weight excluding hydrogens is 330 g/mol. The molecule has 106 valence electrons. The van der Waals surface area contributed by atoms with Crippen LogP contribution in [0, 0.1) is 11.6 Å². The predicted octanol–water partition coefficient (Wildman–Crippen LogP) is 3.37. The summed E-state index contributed by atoms with van der Waals surface area (Å²) in [6.45, 7) is 0. The topological polar surface area (TPSA) is 48.1 Å². The average Bonchev–Trinajstić information content (AvgIpc) is 2.44. The summed E-state index contributed by atoms with van der Waals surface area (Å²) in [6, 6.07) is 5.15. The fraction of sp³-hybridized carbons (Fsp3) is 0.214. The lowest BCUT2D eigenvalue weighted by molar-refractivity contribution is 0.397. The number of hydrogen-bond donors (Lipinski definition) is 1. The largest absolute Gasteiger partial charge is 0.481 e. The van der Waals surface area contributed by atoms with Crippen LogP contribution in [0.2, 0.25) is 0 Å². The van der Waals surface area contributed by atoms with Gasteiger partial charge in [0.2, 0.25) is 5.88 Å². The van der Waals surface area contributed by atoms with E-state index in [1.807, 2.05) is 0 Å². The summed E-state index contributed by atoms with van der Waals surface area (Å²) in [4.78, 5) is 4.03. The van der Waals surface area contributed by atoms with E-state index in [-0.39, 0.29) is 16.5 Å². The monoisotopic (exact) mass is 342 g/mol. The van der Waals surface area contributed by atoms with Crippen molar-refractivity contribution in [2.45, 2.75) is 12.5 Å². The number of benzene rings is 1. The third kappa shape index (κ3) is 3.13. The minimum absolute atomic E-state index is 0.129. The van der Waals surface area contributed by atoms with Gasteiger partial charge in [0.1, 0.15) is 11.6 Å². The molecule has 0 saturated carbocycles.